The smallest absolute Gasteiger partial charge is 0.253 e. The van der Waals surface area contributed by atoms with Crippen LogP contribution in [0.5, 0.6) is 5.75 Å². The molecule has 1 aromatic carbocycles. The zero-order valence-electron chi connectivity index (χ0n) is 10.8. The number of hydrazine groups is 1. The van der Waals surface area contributed by atoms with Crippen LogP contribution in [0.15, 0.2) is 29.1 Å². The number of rotatable bonds is 3. The van der Waals surface area contributed by atoms with Crippen LogP contribution in [0.4, 0.5) is 0 Å². The van der Waals surface area contributed by atoms with E-state index in [4.69, 9.17) is 10.6 Å². The third-order valence-corrected chi connectivity index (χ3v) is 2.99. The van der Waals surface area contributed by atoms with Crippen molar-refractivity contribution in [2.24, 2.45) is 5.84 Å². The van der Waals surface area contributed by atoms with Crippen LogP contribution < -0.4 is 21.4 Å². The molecule has 100 valence electrons. The number of carbonyl (C=O) groups is 1. The average molecular weight is 261 g/mol. The van der Waals surface area contributed by atoms with E-state index in [1.54, 1.807) is 29.7 Å². The SMILES string of the molecule is COc1ccc2c(c1)c(=O)cc(C)n2CC(=O)NN. The molecule has 2 rings (SSSR count). The minimum Gasteiger partial charge on any atom is -0.497 e. The van der Waals surface area contributed by atoms with E-state index in [0.717, 1.165) is 0 Å². The van der Waals surface area contributed by atoms with E-state index in [1.807, 2.05) is 0 Å². The summed E-state index contributed by atoms with van der Waals surface area (Å²) in [7, 11) is 1.54. The standard InChI is InChI=1S/C13H15N3O3/c1-8-5-12(17)10-6-9(19-2)3-4-11(10)16(8)7-13(18)15-14/h3-6H,7,14H2,1-2H3,(H,15,18). The molecular formula is C13H15N3O3. The number of pyridine rings is 1. The van der Waals surface area contributed by atoms with Crippen LogP contribution in [-0.2, 0) is 11.3 Å². The van der Waals surface area contributed by atoms with Crippen molar-refractivity contribution in [3.63, 3.8) is 0 Å². The molecule has 0 unspecified atom stereocenters. The molecule has 0 saturated carbocycles. The summed E-state index contributed by atoms with van der Waals surface area (Å²) >= 11 is 0. The number of aryl methyl sites for hydroxylation is 1. The van der Waals surface area contributed by atoms with E-state index in [1.165, 1.54) is 13.2 Å². The molecule has 0 saturated heterocycles. The molecule has 6 nitrogen and oxygen atoms in total. The molecule has 0 aliphatic rings. The maximum absolute atomic E-state index is 12.0. The topological polar surface area (TPSA) is 86.3 Å². The Labute approximate surface area is 109 Å². The zero-order valence-corrected chi connectivity index (χ0v) is 10.8. The summed E-state index contributed by atoms with van der Waals surface area (Å²) < 4.78 is 6.84. The Balaban J connectivity index is 2.69. The van der Waals surface area contributed by atoms with Crippen LogP contribution >= 0.6 is 0 Å². The average Bonchev–Trinajstić information content (AvgIpc) is 2.42. The summed E-state index contributed by atoms with van der Waals surface area (Å²) in [6, 6.07) is 6.66. The second-order valence-electron chi connectivity index (χ2n) is 4.19. The quantitative estimate of drug-likeness (QED) is 0.473. The fraction of sp³-hybridized carbons (Fsp3) is 0.231. The van der Waals surface area contributed by atoms with Gasteiger partial charge in [0, 0.05) is 17.1 Å². The number of methoxy groups -OCH3 is 1. The number of nitrogens with one attached hydrogen (secondary N) is 1. The number of hydrogen-bond donors (Lipinski definition) is 2. The molecule has 1 heterocycles. The van der Waals surface area contributed by atoms with Crippen molar-refractivity contribution in [3.8, 4) is 5.75 Å². The van der Waals surface area contributed by atoms with Crippen molar-refractivity contribution in [1.29, 1.82) is 0 Å². The lowest BCUT2D eigenvalue weighted by molar-refractivity contribution is -0.121. The normalized spacial score (nSPS) is 10.5. The fourth-order valence-electron chi connectivity index (χ4n) is 2.01. The van der Waals surface area contributed by atoms with Gasteiger partial charge in [-0.15, -0.1) is 0 Å². The minimum absolute atomic E-state index is 0.0610. The van der Waals surface area contributed by atoms with Gasteiger partial charge in [-0.25, -0.2) is 5.84 Å². The summed E-state index contributed by atoms with van der Waals surface area (Å²) in [4.78, 5) is 23.4. The Morgan fingerprint density at radius 1 is 1.42 bits per heavy atom. The number of carbonyl (C=O) groups excluding carboxylic acids is 1. The van der Waals surface area contributed by atoms with Crippen LogP contribution in [-0.4, -0.2) is 17.6 Å². The highest BCUT2D eigenvalue weighted by molar-refractivity contribution is 5.83. The van der Waals surface area contributed by atoms with E-state index in [9.17, 15) is 9.59 Å². The summed E-state index contributed by atoms with van der Waals surface area (Å²) in [5.41, 5.74) is 3.35. The van der Waals surface area contributed by atoms with Crippen LogP contribution in [0.1, 0.15) is 5.69 Å². The predicted molar refractivity (Wildman–Crippen MR) is 71.8 cm³/mol. The molecule has 6 heteroatoms. The van der Waals surface area contributed by atoms with Gasteiger partial charge in [0.2, 0.25) is 0 Å². The largest absolute Gasteiger partial charge is 0.497 e. The van der Waals surface area contributed by atoms with Crippen molar-refractivity contribution in [2.75, 3.05) is 7.11 Å². The number of aromatic nitrogens is 1. The lowest BCUT2D eigenvalue weighted by atomic mass is 10.1. The Hall–Kier alpha value is -2.34. The molecule has 2 aromatic rings. The van der Waals surface area contributed by atoms with Crippen molar-refractivity contribution in [2.45, 2.75) is 13.5 Å². The summed E-state index contributed by atoms with van der Waals surface area (Å²) in [6.45, 7) is 1.83. The lowest BCUT2D eigenvalue weighted by Gasteiger charge is -2.14. The van der Waals surface area contributed by atoms with E-state index < -0.39 is 0 Å². The van der Waals surface area contributed by atoms with Crippen LogP contribution in [0, 0.1) is 6.92 Å². The molecule has 1 aromatic heterocycles. The third kappa shape index (κ3) is 2.43. The molecule has 0 fully saturated rings. The highest BCUT2D eigenvalue weighted by atomic mass is 16.5. The van der Waals surface area contributed by atoms with Gasteiger partial charge in [-0.3, -0.25) is 15.0 Å². The fourth-order valence-corrected chi connectivity index (χ4v) is 2.01. The molecule has 0 bridgehead atoms. The monoisotopic (exact) mass is 261 g/mol. The maximum Gasteiger partial charge on any atom is 0.253 e. The molecule has 19 heavy (non-hydrogen) atoms. The van der Waals surface area contributed by atoms with Gasteiger partial charge in [-0.2, -0.15) is 0 Å². The molecule has 1 amide bonds. The summed E-state index contributed by atoms with van der Waals surface area (Å²) in [5, 5.41) is 0.509. The number of fused-ring (bicyclic) bond motifs is 1. The highest BCUT2D eigenvalue weighted by Gasteiger charge is 2.10. The first-order valence-corrected chi connectivity index (χ1v) is 5.74. The first kappa shape index (κ1) is 13.1. The minimum atomic E-state index is -0.330. The number of nitrogens with two attached hydrogens (primary N) is 1. The lowest BCUT2D eigenvalue weighted by Crippen LogP contribution is -2.34. The number of hydrogen-bond acceptors (Lipinski definition) is 4. The molecular weight excluding hydrogens is 246 g/mol. The molecule has 0 aliphatic heterocycles. The Bertz CT molecular complexity index is 691. The van der Waals surface area contributed by atoms with Gasteiger partial charge >= 0.3 is 0 Å². The van der Waals surface area contributed by atoms with Crippen molar-refractivity contribution in [3.05, 3.63) is 40.2 Å². The van der Waals surface area contributed by atoms with Gasteiger partial charge in [-0.05, 0) is 25.1 Å². The van der Waals surface area contributed by atoms with Gasteiger partial charge in [0.15, 0.2) is 5.43 Å². The second-order valence-corrected chi connectivity index (χ2v) is 4.19. The highest BCUT2D eigenvalue weighted by Crippen LogP contribution is 2.19. The van der Waals surface area contributed by atoms with Gasteiger partial charge < -0.3 is 9.30 Å². The molecule has 3 N–H and O–H groups in total. The number of benzene rings is 1. The zero-order chi connectivity index (χ0) is 14.0. The summed E-state index contributed by atoms with van der Waals surface area (Å²) in [6.07, 6.45) is 0. The Morgan fingerprint density at radius 3 is 2.79 bits per heavy atom. The predicted octanol–water partition coefficient (Wildman–Crippen LogP) is 0.308. The Morgan fingerprint density at radius 2 is 2.16 bits per heavy atom. The van der Waals surface area contributed by atoms with Crippen LogP contribution in [0.25, 0.3) is 10.9 Å². The molecule has 0 radical (unpaired) electrons. The first-order chi connectivity index (χ1) is 9.06. The molecule has 0 spiro atoms. The van der Waals surface area contributed by atoms with Crippen LogP contribution in [0.3, 0.4) is 0 Å². The third-order valence-electron chi connectivity index (χ3n) is 2.99. The molecule has 0 aliphatic carbocycles. The van der Waals surface area contributed by atoms with E-state index in [0.29, 0.717) is 22.3 Å². The van der Waals surface area contributed by atoms with Gasteiger partial charge in [0.1, 0.15) is 12.3 Å². The molecule has 0 atom stereocenters. The van der Waals surface area contributed by atoms with E-state index in [2.05, 4.69) is 5.43 Å². The van der Waals surface area contributed by atoms with Crippen molar-refractivity contribution >= 4 is 16.8 Å². The van der Waals surface area contributed by atoms with E-state index >= 15 is 0 Å². The first-order valence-electron chi connectivity index (χ1n) is 5.74. The second kappa shape index (κ2) is 5.11. The maximum atomic E-state index is 12.0. The number of nitrogens with zero attached hydrogens (tertiary/aromatic N) is 1. The van der Waals surface area contributed by atoms with Crippen molar-refractivity contribution in [1.82, 2.24) is 9.99 Å². The number of ether oxygens (including phenoxy) is 1. The number of amides is 1. The summed E-state index contributed by atoms with van der Waals surface area (Å²) in [5.74, 6) is 5.37. The van der Waals surface area contributed by atoms with Crippen molar-refractivity contribution < 1.29 is 9.53 Å². The van der Waals surface area contributed by atoms with Gasteiger partial charge in [0.05, 0.1) is 12.6 Å². The Kier molecular flexibility index (Phi) is 3.52. The van der Waals surface area contributed by atoms with E-state index in [-0.39, 0.29) is 17.9 Å². The van der Waals surface area contributed by atoms with Gasteiger partial charge in [-0.1, -0.05) is 0 Å². The van der Waals surface area contributed by atoms with Crippen LogP contribution in [0.2, 0.25) is 0 Å². The van der Waals surface area contributed by atoms with Gasteiger partial charge in [0.25, 0.3) is 5.91 Å².